The van der Waals surface area contributed by atoms with Gasteiger partial charge >= 0.3 is 0 Å². The number of rotatable bonds is 5. The minimum atomic E-state index is 0.0274. The molecule has 0 saturated heterocycles. The summed E-state index contributed by atoms with van der Waals surface area (Å²) in [4.78, 5) is 12.6. The number of fused-ring (bicyclic) bond motifs is 6. The summed E-state index contributed by atoms with van der Waals surface area (Å²) in [5.74, 6) is 0. The predicted molar refractivity (Wildman–Crippen MR) is 236 cm³/mol. The first-order valence-corrected chi connectivity index (χ1v) is 20.3. The van der Waals surface area contributed by atoms with E-state index in [9.17, 15) is 0 Å². The van der Waals surface area contributed by atoms with Crippen LogP contribution in [0, 0.1) is 0 Å². The van der Waals surface area contributed by atoms with Crippen LogP contribution in [0.1, 0.15) is 52.7 Å². The van der Waals surface area contributed by atoms with Gasteiger partial charge in [0, 0.05) is 80.9 Å². The highest BCUT2D eigenvalue weighted by atomic mass is 35.5. The Morgan fingerprint density at radius 1 is 0.481 bits per heavy atom. The molecule has 0 fully saturated rings. The summed E-state index contributed by atoms with van der Waals surface area (Å²) in [6.45, 7) is 13.5. The molecule has 266 valence electrons. The van der Waals surface area contributed by atoms with Gasteiger partial charge < -0.3 is 4.90 Å². The van der Waals surface area contributed by atoms with Crippen LogP contribution < -0.4 is 4.90 Å². The minimum Gasteiger partial charge on any atom is -0.310 e. The molecule has 0 amide bonds. The van der Waals surface area contributed by atoms with Crippen molar-refractivity contribution in [3.8, 4) is 22.5 Å². The van der Waals surface area contributed by atoms with Crippen LogP contribution in [-0.2, 0) is 10.8 Å². The van der Waals surface area contributed by atoms with Crippen LogP contribution in [-0.4, -0.2) is 9.97 Å². The van der Waals surface area contributed by atoms with Gasteiger partial charge in [0.25, 0.3) is 0 Å². The summed E-state index contributed by atoms with van der Waals surface area (Å²) in [5.41, 5.74) is 9.21. The molecule has 0 unspecified atom stereocenters. The van der Waals surface area contributed by atoms with E-state index in [-0.39, 0.29) is 10.8 Å². The van der Waals surface area contributed by atoms with Gasteiger partial charge in [0.05, 0.1) is 16.4 Å². The van der Waals surface area contributed by atoms with Gasteiger partial charge in [-0.25, -0.2) is 0 Å². The van der Waals surface area contributed by atoms with Crippen LogP contribution in [0.4, 0.5) is 17.1 Å². The molecular formula is C48H40ClN3S2. The Morgan fingerprint density at radius 2 is 0.889 bits per heavy atom. The molecule has 9 rings (SSSR count). The van der Waals surface area contributed by atoms with E-state index < -0.39 is 0 Å². The molecule has 0 spiro atoms. The van der Waals surface area contributed by atoms with Crippen LogP contribution in [0.2, 0.25) is 5.02 Å². The quantitative estimate of drug-likeness (QED) is 0.175. The van der Waals surface area contributed by atoms with Crippen molar-refractivity contribution in [1.29, 1.82) is 0 Å². The van der Waals surface area contributed by atoms with Crippen LogP contribution >= 0.6 is 34.3 Å². The van der Waals surface area contributed by atoms with Gasteiger partial charge in [0.1, 0.15) is 0 Å². The third kappa shape index (κ3) is 5.96. The first-order valence-electron chi connectivity index (χ1n) is 18.3. The van der Waals surface area contributed by atoms with E-state index in [0.717, 1.165) is 50.3 Å². The molecule has 0 bridgehead atoms. The molecule has 0 N–H and O–H groups in total. The fourth-order valence-electron chi connectivity index (χ4n) is 7.50. The molecule has 54 heavy (non-hydrogen) atoms. The molecule has 0 radical (unpaired) electrons. The van der Waals surface area contributed by atoms with Gasteiger partial charge in [0.2, 0.25) is 0 Å². The zero-order valence-electron chi connectivity index (χ0n) is 31.2. The summed E-state index contributed by atoms with van der Waals surface area (Å²) >= 11 is 11.3. The first-order chi connectivity index (χ1) is 26.0. The number of thiophene rings is 2. The smallest absolute Gasteiger partial charge is 0.0811 e. The maximum Gasteiger partial charge on any atom is 0.0811 e. The van der Waals surface area contributed by atoms with E-state index in [4.69, 9.17) is 21.6 Å². The van der Waals surface area contributed by atoms with Gasteiger partial charge in [-0.2, -0.15) is 0 Å². The first kappa shape index (κ1) is 34.7. The lowest BCUT2D eigenvalue weighted by Crippen LogP contribution is -2.14. The van der Waals surface area contributed by atoms with Gasteiger partial charge in [0.15, 0.2) is 0 Å². The summed E-state index contributed by atoms with van der Waals surface area (Å²) in [6, 6.07) is 43.8. The Balaban J connectivity index is 1.37. The number of benzene rings is 5. The maximum absolute atomic E-state index is 7.73. The highest BCUT2D eigenvalue weighted by Gasteiger charge is 2.25. The van der Waals surface area contributed by atoms with Gasteiger partial charge in [-0.3, -0.25) is 9.97 Å². The Kier molecular flexibility index (Phi) is 8.38. The molecule has 0 atom stereocenters. The Hall–Kier alpha value is -5.07. The summed E-state index contributed by atoms with van der Waals surface area (Å²) in [7, 11) is 0. The molecule has 9 aromatic rings. The summed E-state index contributed by atoms with van der Waals surface area (Å²) in [5, 5.41) is 5.23. The third-order valence-electron chi connectivity index (χ3n) is 10.4. The van der Waals surface area contributed by atoms with Gasteiger partial charge in [-0.15, -0.1) is 22.7 Å². The third-order valence-corrected chi connectivity index (χ3v) is 13.1. The number of nitrogens with zero attached hydrogens (tertiary/aromatic N) is 3. The second-order valence-electron chi connectivity index (χ2n) is 16.0. The molecule has 4 heterocycles. The summed E-state index contributed by atoms with van der Waals surface area (Å²) < 4.78 is 4.82. The lowest BCUT2D eigenvalue weighted by molar-refractivity contribution is 0.590. The number of hydrogen-bond donors (Lipinski definition) is 0. The molecule has 0 aliphatic rings. The molecular weight excluding hydrogens is 718 g/mol. The molecule has 0 aliphatic heterocycles. The highest BCUT2D eigenvalue weighted by Crippen LogP contribution is 2.49. The largest absolute Gasteiger partial charge is 0.310 e. The van der Waals surface area contributed by atoms with E-state index in [2.05, 4.69) is 168 Å². The van der Waals surface area contributed by atoms with Gasteiger partial charge in [-0.1, -0.05) is 114 Å². The Labute approximate surface area is 329 Å². The predicted octanol–water partition coefficient (Wildman–Crippen LogP) is 15.3. The molecule has 6 heteroatoms. The van der Waals surface area contributed by atoms with Crippen LogP contribution in [0.15, 0.2) is 134 Å². The second kappa shape index (κ2) is 13.1. The fourth-order valence-corrected chi connectivity index (χ4v) is 9.99. The van der Waals surface area contributed by atoms with Crippen molar-refractivity contribution in [3.63, 3.8) is 0 Å². The Morgan fingerprint density at radius 3 is 1.30 bits per heavy atom. The number of pyridine rings is 2. The van der Waals surface area contributed by atoms with Gasteiger partial charge in [-0.05, 0) is 82.6 Å². The minimum absolute atomic E-state index is 0.0274. The molecule has 4 aromatic heterocycles. The number of hydrogen-bond acceptors (Lipinski definition) is 5. The number of halogens is 1. The SMILES string of the molecule is CC(C)(C)c1ccc(N(c2ccc(C(C)(C)C)cc2)c2cc(-c3nccc4sc5ccccc5c34)c(Cl)c(-c3nccc4sc5ccccc5c34)c2)cc1. The lowest BCUT2D eigenvalue weighted by atomic mass is 9.86. The van der Waals surface area contributed by atoms with Crippen LogP contribution in [0.25, 0.3) is 62.9 Å². The highest BCUT2D eigenvalue weighted by molar-refractivity contribution is 7.26. The average Bonchev–Trinajstić information content (AvgIpc) is 3.74. The van der Waals surface area contributed by atoms with Crippen molar-refractivity contribution in [2.75, 3.05) is 4.90 Å². The van der Waals surface area contributed by atoms with Crippen LogP contribution in [0.3, 0.4) is 0 Å². The second-order valence-corrected chi connectivity index (χ2v) is 18.6. The van der Waals surface area contributed by atoms with E-state index in [1.54, 1.807) is 22.7 Å². The van der Waals surface area contributed by atoms with Crippen molar-refractivity contribution in [1.82, 2.24) is 9.97 Å². The summed E-state index contributed by atoms with van der Waals surface area (Å²) in [6.07, 6.45) is 3.82. The maximum atomic E-state index is 7.73. The van der Waals surface area contributed by atoms with Crippen LogP contribution in [0.5, 0.6) is 0 Å². The standard InChI is InChI=1S/C48H40ClN3S2/c1-47(2,3)29-15-19-31(20-16-29)52(32-21-17-30(18-22-32)48(4,5)6)33-27-36(45-42-34-11-7-9-13-38(34)53-40(42)23-25-50-45)44(49)37(28-33)46-43-35-12-8-10-14-39(35)54-41(43)24-26-51-46/h7-28H,1-6H3. The molecule has 5 aromatic carbocycles. The van der Waals surface area contributed by atoms with Crippen molar-refractivity contribution in [3.05, 3.63) is 150 Å². The normalized spacial score (nSPS) is 12.4. The Bertz CT molecular complexity index is 2660. The van der Waals surface area contributed by atoms with E-state index in [1.165, 1.54) is 40.7 Å². The van der Waals surface area contributed by atoms with Crippen molar-refractivity contribution in [2.45, 2.75) is 52.4 Å². The zero-order valence-corrected chi connectivity index (χ0v) is 33.6. The number of anilines is 3. The average molecular weight is 758 g/mol. The molecule has 0 aliphatic carbocycles. The fraction of sp³-hybridized carbons (Fsp3) is 0.167. The molecule has 0 saturated carbocycles. The number of aromatic nitrogens is 2. The van der Waals surface area contributed by atoms with E-state index >= 15 is 0 Å². The van der Waals surface area contributed by atoms with Crippen molar-refractivity contribution >= 4 is 91.7 Å². The monoisotopic (exact) mass is 757 g/mol. The van der Waals surface area contributed by atoms with E-state index in [1.807, 2.05) is 12.4 Å². The lowest BCUT2D eigenvalue weighted by Gasteiger charge is -2.29. The van der Waals surface area contributed by atoms with Crippen molar-refractivity contribution < 1.29 is 0 Å². The molecule has 3 nitrogen and oxygen atoms in total. The van der Waals surface area contributed by atoms with E-state index in [0.29, 0.717) is 5.02 Å². The topological polar surface area (TPSA) is 29.0 Å². The van der Waals surface area contributed by atoms with Crippen molar-refractivity contribution in [2.24, 2.45) is 0 Å². The zero-order chi connectivity index (χ0) is 37.4.